The molecule has 1 aliphatic rings. The van der Waals surface area contributed by atoms with Crippen LogP contribution in [0.2, 0.25) is 0 Å². The fourth-order valence-corrected chi connectivity index (χ4v) is 1.08. The second-order valence-corrected chi connectivity index (χ2v) is 2.91. The molecule has 1 saturated heterocycles. The lowest BCUT2D eigenvalue weighted by Gasteiger charge is -2.25. The predicted molar refractivity (Wildman–Crippen MR) is 53.1 cm³/mol. The molecule has 5 N–H and O–H groups in total. The highest BCUT2D eigenvalue weighted by atomic mass is 16.4. The number of nitrogens with two attached hydrogens (primary N) is 1. The van der Waals surface area contributed by atoms with Crippen molar-refractivity contribution in [2.24, 2.45) is 5.73 Å². The second kappa shape index (κ2) is 8.89. The monoisotopic (exact) mass is 205 g/mol. The van der Waals surface area contributed by atoms with Gasteiger partial charge in [0.05, 0.1) is 13.2 Å². The largest absolute Gasteiger partial charge is 0.480 e. The number of nitrogens with one attached hydrogen (secondary N) is 1. The second-order valence-electron chi connectivity index (χ2n) is 2.91. The molecule has 84 valence electrons. The maximum Gasteiger partial charge on any atom is 0.317 e. The summed E-state index contributed by atoms with van der Waals surface area (Å²) >= 11 is 0. The minimum Gasteiger partial charge on any atom is -0.480 e. The van der Waals surface area contributed by atoms with Gasteiger partial charge in [0.2, 0.25) is 0 Å². The van der Waals surface area contributed by atoms with E-state index in [4.69, 9.17) is 10.2 Å². The van der Waals surface area contributed by atoms with E-state index in [1.54, 1.807) is 0 Å². The molecule has 1 heterocycles. The quantitative estimate of drug-likeness (QED) is 0.422. The van der Waals surface area contributed by atoms with Gasteiger partial charge < -0.3 is 21.3 Å². The summed E-state index contributed by atoms with van der Waals surface area (Å²) in [5, 5.41) is 19.4. The van der Waals surface area contributed by atoms with E-state index in [0.717, 1.165) is 32.7 Å². The zero-order valence-electron chi connectivity index (χ0n) is 8.28. The minimum atomic E-state index is -0.968. The normalized spacial score (nSPS) is 17.0. The van der Waals surface area contributed by atoms with Gasteiger partial charge in [0.15, 0.2) is 0 Å². The van der Waals surface area contributed by atoms with E-state index in [1.165, 1.54) is 0 Å². The van der Waals surface area contributed by atoms with Crippen LogP contribution in [0.25, 0.3) is 0 Å². The molecular formula is C8H19N3O3. The lowest BCUT2D eigenvalue weighted by atomic mass is 10.4. The van der Waals surface area contributed by atoms with E-state index >= 15 is 0 Å². The number of rotatable bonds is 3. The first kappa shape index (κ1) is 13.3. The topological polar surface area (TPSA) is 98.8 Å². The van der Waals surface area contributed by atoms with E-state index < -0.39 is 5.97 Å². The van der Waals surface area contributed by atoms with Crippen molar-refractivity contribution in [1.82, 2.24) is 10.2 Å². The van der Waals surface area contributed by atoms with Crippen molar-refractivity contribution in [1.29, 1.82) is 0 Å². The van der Waals surface area contributed by atoms with Crippen LogP contribution in [0, 0.1) is 0 Å². The van der Waals surface area contributed by atoms with Crippen LogP contribution in [0.3, 0.4) is 0 Å². The van der Waals surface area contributed by atoms with Crippen molar-refractivity contribution in [3.05, 3.63) is 0 Å². The Morgan fingerprint density at radius 1 is 1.43 bits per heavy atom. The molecule has 6 heteroatoms. The number of carbonyl (C=O) groups is 1. The molecule has 0 unspecified atom stereocenters. The standard InChI is InChI=1S/C6H14N2O.C2H5NO2/c9-6-5-8-3-1-7-2-4-8;3-1-2(4)5/h7,9H,1-6H2;1,3H2,(H,4,5). The summed E-state index contributed by atoms with van der Waals surface area (Å²) in [6.07, 6.45) is 0. The molecule has 0 aromatic rings. The van der Waals surface area contributed by atoms with Gasteiger partial charge in [-0.3, -0.25) is 9.69 Å². The Labute approximate surface area is 83.7 Å². The van der Waals surface area contributed by atoms with Gasteiger partial charge in [0.1, 0.15) is 0 Å². The van der Waals surface area contributed by atoms with Crippen molar-refractivity contribution in [3.63, 3.8) is 0 Å². The van der Waals surface area contributed by atoms with Gasteiger partial charge in [0, 0.05) is 32.7 Å². The first-order chi connectivity index (χ1) is 6.70. The summed E-state index contributed by atoms with van der Waals surface area (Å²) < 4.78 is 0. The number of aliphatic carboxylic acids is 1. The first-order valence-electron chi connectivity index (χ1n) is 4.66. The van der Waals surface area contributed by atoms with Crippen LogP contribution in [-0.4, -0.2) is 67.0 Å². The summed E-state index contributed by atoms with van der Waals surface area (Å²) in [6, 6.07) is 0. The number of piperazine rings is 1. The van der Waals surface area contributed by atoms with E-state index in [-0.39, 0.29) is 6.54 Å². The Morgan fingerprint density at radius 3 is 2.29 bits per heavy atom. The third-order valence-corrected chi connectivity index (χ3v) is 1.80. The Balaban J connectivity index is 0.000000292. The van der Waals surface area contributed by atoms with Crippen molar-refractivity contribution in [3.8, 4) is 0 Å². The van der Waals surface area contributed by atoms with Gasteiger partial charge in [-0.1, -0.05) is 0 Å². The number of β-amino-alcohol motifs (C(OH)–C–C–N with tert-alkyl or cyclic N) is 1. The van der Waals surface area contributed by atoms with E-state index in [1.807, 2.05) is 0 Å². The molecule has 6 nitrogen and oxygen atoms in total. The smallest absolute Gasteiger partial charge is 0.317 e. The van der Waals surface area contributed by atoms with Crippen molar-refractivity contribution >= 4 is 5.97 Å². The van der Waals surface area contributed by atoms with Crippen LogP contribution in [0.15, 0.2) is 0 Å². The Hall–Kier alpha value is -0.690. The summed E-state index contributed by atoms with van der Waals surface area (Å²) in [7, 11) is 0. The zero-order chi connectivity index (χ0) is 10.8. The fourth-order valence-electron chi connectivity index (χ4n) is 1.08. The third-order valence-electron chi connectivity index (χ3n) is 1.80. The highest BCUT2D eigenvalue weighted by Crippen LogP contribution is 1.88. The van der Waals surface area contributed by atoms with Gasteiger partial charge >= 0.3 is 5.97 Å². The van der Waals surface area contributed by atoms with Crippen LogP contribution in [0.4, 0.5) is 0 Å². The van der Waals surface area contributed by atoms with Gasteiger partial charge in [-0.15, -0.1) is 0 Å². The van der Waals surface area contributed by atoms with Crippen LogP contribution < -0.4 is 11.1 Å². The number of aliphatic hydroxyl groups is 1. The molecule has 0 atom stereocenters. The van der Waals surface area contributed by atoms with Crippen LogP contribution in [0.5, 0.6) is 0 Å². The highest BCUT2D eigenvalue weighted by molar-refractivity contribution is 5.68. The number of aliphatic hydroxyl groups excluding tert-OH is 1. The average Bonchev–Trinajstić information content (AvgIpc) is 2.21. The molecular weight excluding hydrogens is 186 g/mol. The maximum atomic E-state index is 9.24. The summed E-state index contributed by atoms with van der Waals surface area (Å²) in [4.78, 5) is 11.5. The number of nitrogens with zero attached hydrogens (tertiary/aromatic N) is 1. The molecule has 1 rings (SSSR count). The van der Waals surface area contributed by atoms with Crippen LogP contribution in [-0.2, 0) is 4.79 Å². The summed E-state index contributed by atoms with van der Waals surface area (Å²) in [5.41, 5.74) is 4.57. The van der Waals surface area contributed by atoms with Gasteiger partial charge in [0.25, 0.3) is 0 Å². The Kier molecular flexibility index (Phi) is 8.45. The van der Waals surface area contributed by atoms with Crippen LogP contribution >= 0.6 is 0 Å². The van der Waals surface area contributed by atoms with Crippen molar-refractivity contribution in [2.75, 3.05) is 45.9 Å². The Bertz CT molecular complexity index is 146. The SMILES string of the molecule is NCC(=O)O.OCCN1CCNCC1. The predicted octanol–water partition coefficient (Wildman–Crippen LogP) is -2.09. The summed E-state index contributed by atoms with van der Waals surface area (Å²) in [5.74, 6) is -0.968. The minimum absolute atomic E-state index is 0.278. The lowest BCUT2D eigenvalue weighted by molar-refractivity contribution is -0.135. The molecule has 0 amide bonds. The Morgan fingerprint density at radius 2 is 1.93 bits per heavy atom. The average molecular weight is 205 g/mol. The summed E-state index contributed by atoms with van der Waals surface area (Å²) in [6.45, 7) is 5.16. The molecule has 0 aromatic carbocycles. The molecule has 0 aliphatic carbocycles. The van der Waals surface area contributed by atoms with Gasteiger partial charge in [-0.2, -0.15) is 0 Å². The van der Waals surface area contributed by atoms with Crippen molar-refractivity contribution in [2.45, 2.75) is 0 Å². The van der Waals surface area contributed by atoms with Crippen molar-refractivity contribution < 1.29 is 15.0 Å². The number of carboxylic acids is 1. The molecule has 1 fully saturated rings. The van der Waals surface area contributed by atoms with Crippen LogP contribution in [0.1, 0.15) is 0 Å². The lowest BCUT2D eigenvalue weighted by Crippen LogP contribution is -2.44. The molecule has 0 spiro atoms. The number of hydrogen-bond donors (Lipinski definition) is 4. The van der Waals surface area contributed by atoms with Gasteiger partial charge in [-0.25, -0.2) is 0 Å². The number of carboxylic acid groups (broad SMARTS) is 1. The molecule has 0 saturated carbocycles. The number of hydrogen-bond acceptors (Lipinski definition) is 5. The first-order valence-corrected chi connectivity index (χ1v) is 4.66. The van der Waals surface area contributed by atoms with E-state index in [2.05, 4.69) is 16.0 Å². The zero-order valence-corrected chi connectivity index (χ0v) is 8.28. The maximum absolute atomic E-state index is 9.24. The van der Waals surface area contributed by atoms with Gasteiger partial charge in [-0.05, 0) is 0 Å². The third kappa shape index (κ3) is 7.93. The molecule has 14 heavy (non-hydrogen) atoms. The van der Waals surface area contributed by atoms with E-state index in [9.17, 15) is 4.79 Å². The molecule has 1 aliphatic heterocycles. The molecule has 0 bridgehead atoms. The fraction of sp³-hybridized carbons (Fsp3) is 0.875. The molecule has 0 aromatic heterocycles. The molecule has 0 radical (unpaired) electrons. The van der Waals surface area contributed by atoms with E-state index in [0.29, 0.717) is 6.61 Å². The highest BCUT2D eigenvalue weighted by Gasteiger charge is 2.06.